The highest BCUT2D eigenvalue weighted by atomic mass is 16.2. The second-order valence-corrected chi connectivity index (χ2v) is 7.22. The molecule has 0 bridgehead atoms. The van der Waals surface area contributed by atoms with Crippen LogP contribution in [-0.4, -0.2) is 51.9 Å². The number of hydrogen-bond acceptors (Lipinski definition) is 5. The summed E-state index contributed by atoms with van der Waals surface area (Å²) in [5.41, 5.74) is 1.84. The molecule has 27 heavy (non-hydrogen) atoms. The number of rotatable bonds is 3. The van der Waals surface area contributed by atoms with E-state index in [9.17, 15) is 4.79 Å². The number of fused-ring (bicyclic) bond motifs is 1. The fourth-order valence-electron chi connectivity index (χ4n) is 3.65. The van der Waals surface area contributed by atoms with Crippen LogP contribution in [0.3, 0.4) is 0 Å². The highest BCUT2D eigenvalue weighted by Crippen LogP contribution is 2.32. The minimum absolute atomic E-state index is 0.286. The Morgan fingerprint density at radius 3 is 2.52 bits per heavy atom. The summed E-state index contributed by atoms with van der Waals surface area (Å²) in [7, 11) is 0. The van der Waals surface area contributed by atoms with Gasteiger partial charge in [0.2, 0.25) is 5.91 Å². The molecule has 1 saturated carbocycles. The number of para-hydroxylation sites is 1. The summed E-state index contributed by atoms with van der Waals surface area (Å²) in [5.74, 6) is 2.25. The van der Waals surface area contributed by atoms with Crippen LogP contribution in [0.25, 0.3) is 22.3 Å². The van der Waals surface area contributed by atoms with Crippen LogP contribution in [0, 0.1) is 5.92 Å². The van der Waals surface area contributed by atoms with Crippen molar-refractivity contribution < 1.29 is 4.79 Å². The van der Waals surface area contributed by atoms with E-state index in [1.165, 1.54) is 0 Å². The molecule has 0 atom stereocenters. The lowest BCUT2D eigenvalue weighted by Gasteiger charge is -2.36. The van der Waals surface area contributed by atoms with Gasteiger partial charge in [-0.3, -0.25) is 9.78 Å². The molecule has 0 N–H and O–H groups in total. The second kappa shape index (κ2) is 6.61. The lowest BCUT2D eigenvalue weighted by atomic mass is 10.2. The number of pyridine rings is 1. The molecule has 1 aliphatic carbocycles. The second-order valence-electron chi connectivity index (χ2n) is 7.22. The van der Waals surface area contributed by atoms with E-state index in [1.807, 2.05) is 35.2 Å². The maximum Gasteiger partial charge on any atom is 0.225 e. The van der Waals surface area contributed by atoms with Gasteiger partial charge in [-0.15, -0.1) is 0 Å². The first-order valence-corrected chi connectivity index (χ1v) is 9.50. The lowest BCUT2D eigenvalue weighted by molar-refractivity contribution is -0.132. The smallest absolute Gasteiger partial charge is 0.225 e. The number of nitrogens with zero attached hydrogens (tertiary/aromatic N) is 5. The zero-order valence-electron chi connectivity index (χ0n) is 15.1. The molecular weight excluding hydrogens is 338 g/mol. The molecule has 0 radical (unpaired) electrons. The number of anilines is 1. The molecule has 2 aliphatic rings. The predicted molar refractivity (Wildman–Crippen MR) is 104 cm³/mol. The van der Waals surface area contributed by atoms with Gasteiger partial charge in [0.05, 0.1) is 5.52 Å². The Labute approximate surface area is 157 Å². The Hall–Kier alpha value is -3.02. The summed E-state index contributed by atoms with van der Waals surface area (Å²) in [6, 6.07) is 12.0. The average molecular weight is 359 g/mol. The Morgan fingerprint density at radius 2 is 1.78 bits per heavy atom. The van der Waals surface area contributed by atoms with Gasteiger partial charge in [-0.1, -0.05) is 12.1 Å². The first kappa shape index (κ1) is 16.2. The van der Waals surface area contributed by atoms with Gasteiger partial charge in [0.15, 0.2) is 5.82 Å². The zero-order valence-corrected chi connectivity index (χ0v) is 15.1. The minimum Gasteiger partial charge on any atom is -0.352 e. The van der Waals surface area contributed by atoms with Gasteiger partial charge in [0, 0.05) is 55.4 Å². The van der Waals surface area contributed by atoms with Crippen molar-refractivity contribution in [2.24, 2.45) is 5.92 Å². The largest absolute Gasteiger partial charge is 0.352 e. The molecular formula is C21H21N5O. The van der Waals surface area contributed by atoms with Crippen LogP contribution in [-0.2, 0) is 4.79 Å². The lowest BCUT2D eigenvalue weighted by Crippen LogP contribution is -2.49. The average Bonchev–Trinajstić information content (AvgIpc) is 3.59. The Kier molecular flexibility index (Phi) is 3.96. The fourth-order valence-corrected chi connectivity index (χ4v) is 3.65. The van der Waals surface area contributed by atoms with Gasteiger partial charge in [-0.25, -0.2) is 9.97 Å². The number of hydrogen-bond donors (Lipinski definition) is 0. The van der Waals surface area contributed by atoms with Crippen molar-refractivity contribution >= 4 is 22.6 Å². The first-order valence-electron chi connectivity index (χ1n) is 9.50. The van der Waals surface area contributed by atoms with Crippen LogP contribution >= 0.6 is 0 Å². The van der Waals surface area contributed by atoms with E-state index in [2.05, 4.69) is 16.0 Å². The van der Waals surface area contributed by atoms with Gasteiger partial charge in [0.25, 0.3) is 0 Å². The maximum atomic E-state index is 12.3. The number of amides is 1. The van der Waals surface area contributed by atoms with Crippen LogP contribution in [0.2, 0.25) is 0 Å². The van der Waals surface area contributed by atoms with Crippen molar-refractivity contribution in [2.75, 3.05) is 31.1 Å². The number of piperazine rings is 1. The third-order valence-electron chi connectivity index (χ3n) is 5.32. The Balaban J connectivity index is 1.48. The quantitative estimate of drug-likeness (QED) is 0.720. The minimum atomic E-state index is 0.286. The normalized spacial score (nSPS) is 17.3. The third kappa shape index (κ3) is 3.12. The SMILES string of the molecule is O=C(C1CC1)N1CCN(c2nc(-c3cccnc3)nc3ccccc23)CC1. The molecule has 0 spiro atoms. The summed E-state index contributed by atoms with van der Waals surface area (Å²) >= 11 is 0. The van der Waals surface area contributed by atoms with Gasteiger partial charge < -0.3 is 9.80 Å². The first-order chi connectivity index (χ1) is 13.3. The Bertz CT molecular complexity index is 978. The van der Waals surface area contributed by atoms with E-state index in [1.54, 1.807) is 12.4 Å². The molecule has 3 aromatic rings. The van der Waals surface area contributed by atoms with Crippen molar-refractivity contribution in [3.05, 3.63) is 48.8 Å². The highest BCUT2D eigenvalue weighted by Gasteiger charge is 2.35. The number of benzene rings is 1. The highest BCUT2D eigenvalue weighted by molar-refractivity contribution is 5.91. The summed E-state index contributed by atoms with van der Waals surface area (Å²) < 4.78 is 0. The molecule has 2 aromatic heterocycles. The molecule has 1 aromatic carbocycles. The molecule has 0 unspecified atom stereocenters. The van der Waals surface area contributed by atoms with Crippen LogP contribution in [0.5, 0.6) is 0 Å². The standard InChI is InChI=1S/C21H21N5O/c27-21(15-7-8-15)26-12-10-25(11-13-26)20-17-5-1-2-6-18(17)23-19(24-20)16-4-3-9-22-14-16/h1-6,9,14-15H,7-8,10-13H2. The molecule has 136 valence electrons. The molecule has 1 aliphatic heterocycles. The van der Waals surface area contributed by atoms with Crippen LogP contribution < -0.4 is 4.90 Å². The van der Waals surface area contributed by atoms with Crippen molar-refractivity contribution in [1.29, 1.82) is 0 Å². The molecule has 1 saturated heterocycles. The molecule has 1 amide bonds. The predicted octanol–water partition coefficient (Wildman–Crippen LogP) is 2.75. The summed E-state index contributed by atoms with van der Waals surface area (Å²) in [6.45, 7) is 3.11. The molecule has 6 nitrogen and oxygen atoms in total. The monoisotopic (exact) mass is 359 g/mol. The third-order valence-corrected chi connectivity index (χ3v) is 5.32. The number of carbonyl (C=O) groups is 1. The van der Waals surface area contributed by atoms with Crippen molar-refractivity contribution in [3.8, 4) is 11.4 Å². The van der Waals surface area contributed by atoms with E-state index in [0.717, 1.165) is 61.3 Å². The van der Waals surface area contributed by atoms with Gasteiger partial charge in [-0.2, -0.15) is 0 Å². The Morgan fingerprint density at radius 1 is 0.963 bits per heavy atom. The summed E-state index contributed by atoms with van der Waals surface area (Å²) in [4.78, 5) is 30.4. The number of aromatic nitrogens is 3. The molecule has 5 rings (SSSR count). The van der Waals surface area contributed by atoms with Gasteiger partial charge in [0.1, 0.15) is 5.82 Å². The van der Waals surface area contributed by atoms with Crippen molar-refractivity contribution in [1.82, 2.24) is 19.9 Å². The van der Waals surface area contributed by atoms with Crippen LogP contribution in [0.4, 0.5) is 5.82 Å². The van der Waals surface area contributed by atoms with Crippen LogP contribution in [0.15, 0.2) is 48.8 Å². The zero-order chi connectivity index (χ0) is 18.2. The maximum absolute atomic E-state index is 12.3. The van der Waals surface area contributed by atoms with Crippen molar-refractivity contribution in [2.45, 2.75) is 12.8 Å². The van der Waals surface area contributed by atoms with Gasteiger partial charge in [-0.05, 0) is 37.1 Å². The molecule has 3 heterocycles. The molecule has 6 heteroatoms. The topological polar surface area (TPSA) is 62.2 Å². The van der Waals surface area contributed by atoms with E-state index in [4.69, 9.17) is 9.97 Å². The van der Waals surface area contributed by atoms with E-state index in [0.29, 0.717) is 11.7 Å². The summed E-state index contributed by atoms with van der Waals surface area (Å²) in [6.07, 6.45) is 5.66. The van der Waals surface area contributed by atoms with E-state index >= 15 is 0 Å². The van der Waals surface area contributed by atoms with E-state index in [-0.39, 0.29) is 5.92 Å². The van der Waals surface area contributed by atoms with Crippen molar-refractivity contribution in [3.63, 3.8) is 0 Å². The summed E-state index contributed by atoms with van der Waals surface area (Å²) in [5, 5.41) is 1.05. The fraction of sp³-hybridized carbons (Fsp3) is 0.333. The molecule has 2 fully saturated rings. The van der Waals surface area contributed by atoms with Crippen LogP contribution in [0.1, 0.15) is 12.8 Å². The van der Waals surface area contributed by atoms with E-state index < -0.39 is 0 Å². The van der Waals surface area contributed by atoms with Gasteiger partial charge >= 0.3 is 0 Å². The number of carbonyl (C=O) groups excluding carboxylic acids is 1.